The Kier molecular flexibility index (Phi) is 3.75. The van der Waals surface area contributed by atoms with Crippen LogP contribution in [-0.2, 0) is 6.54 Å². The third-order valence-electron chi connectivity index (χ3n) is 3.42. The molecule has 21 heavy (non-hydrogen) atoms. The van der Waals surface area contributed by atoms with Crippen LogP contribution in [0.25, 0.3) is 10.9 Å². The van der Waals surface area contributed by atoms with E-state index in [9.17, 15) is 4.79 Å². The largest absolute Gasteiger partial charge is 0.350 e. The molecule has 2 heterocycles. The van der Waals surface area contributed by atoms with Crippen LogP contribution in [0.2, 0.25) is 0 Å². The average Bonchev–Trinajstić information content (AvgIpc) is 2.83. The second-order valence-corrected chi connectivity index (χ2v) is 5.77. The second kappa shape index (κ2) is 5.69. The SMILES string of the molecule is Cc1c(C(=O)NCc2cccnc2)[nH]c2ccc(Br)cc12. The molecule has 0 bridgehead atoms. The first kappa shape index (κ1) is 13.8. The van der Waals surface area contributed by atoms with Crippen LogP contribution in [0, 0.1) is 6.92 Å². The van der Waals surface area contributed by atoms with E-state index in [1.807, 2.05) is 37.3 Å². The summed E-state index contributed by atoms with van der Waals surface area (Å²) >= 11 is 3.45. The second-order valence-electron chi connectivity index (χ2n) is 4.86. The molecule has 0 saturated heterocycles. The number of pyridine rings is 1. The highest BCUT2D eigenvalue weighted by atomic mass is 79.9. The van der Waals surface area contributed by atoms with Crippen LogP contribution in [0.1, 0.15) is 21.6 Å². The Hall–Kier alpha value is -2.14. The van der Waals surface area contributed by atoms with Crippen molar-refractivity contribution in [2.45, 2.75) is 13.5 Å². The van der Waals surface area contributed by atoms with Gasteiger partial charge >= 0.3 is 0 Å². The Labute approximate surface area is 130 Å². The number of halogens is 1. The molecule has 106 valence electrons. The van der Waals surface area contributed by atoms with Crippen molar-refractivity contribution < 1.29 is 4.79 Å². The van der Waals surface area contributed by atoms with Gasteiger partial charge in [-0.1, -0.05) is 22.0 Å². The number of aryl methyl sites for hydroxylation is 1. The van der Waals surface area contributed by atoms with Crippen molar-refractivity contribution in [2.24, 2.45) is 0 Å². The van der Waals surface area contributed by atoms with E-state index in [4.69, 9.17) is 0 Å². The summed E-state index contributed by atoms with van der Waals surface area (Å²) in [5.74, 6) is -0.108. The molecule has 0 aliphatic heterocycles. The Morgan fingerprint density at radius 1 is 1.38 bits per heavy atom. The fraction of sp³-hybridized carbons (Fsp3) is 0.125. The van der Waals surface area contributed by atoms with Crippen molar-refractivity contribution in [3.05, 3.63) is 64.0 Å². The molecule has 2 aromatic heterocycles. The lowest BCUT2D eigenvalue weighted by Gasteiger charge is -2.04. The van der Waals surface area contributed by atoms with Crippen molar-refractivity contribution >= 4 is 32.7 Å². The lowest BCUT2D eigenvalue weighted by molar-refractivity contribution is 0.0946. The first-order chi connectivity index (χ1) is 10.1. The molecule has 5 heteroatoms. The zero-order chi connectivity index (χ0) is 14.8. The molecule has 4 nitrogen and oxygen atoms in total. The maximum absolute atomic E-state index is 12.3. The van der Waals surface area contributed by atoms with Gasteiger partial charge in [0, 0.05) is 34.3 Å². The van der Waals surface area contributed by atoms with Gasteiger partial charge in [-0.2, -0.15) is 0 Å². The minimum absolute atomic E-state index is 0.108. The molecule has 0 atom stereocenters. The summed E-state index contributed by atoms with van der Waals surface area (Å²) in [6.07, 6.45) is 3.46. The van der Waals surface area contributed by atoms with E-state index in [0.717, 1.165) is 26.5 Å². The van der Waals surface area contributed by atoms with Crippen LogP contribution < -0.4 is 5.32 Å². The Balaban J connectivity index is 1.83. The summed E-state index contributed by atoms with van der Waals surface area (Å²) in [4.78, 5) is 19.5. The number of rotatable bonds is 3. The number of nitrogens with zero attached hydrogens (tertiary/aromatic N) is 1. The van der Waals surface area contributed by atoms with E-state index in [1.165, 1.54) is 0 Å². The third kappa shape index (κ3) is 2.83. The number of hydrogen-bond acceptors (Lipinski definition) is 2. The quantitative estimate of drug-likeness (QED) is 0.763. The number of H-pyrrole nitrogens is 1. The van der Waals surface area contributed by atoms with Gasteiger partial charge < -0.3 is 10.3 Å². The Bertz CT molecular complexity index is 796. The van der Waals surface area contributed by atoms with E-state index in [1.54, 1.807) is 12.4 Å². The average molecular weight is 344 g/mol. The number of benzene rings is 1. The van der Waals surface area contributed by atoms with Gasteiger partial charge in [-0.25, -0.2) is 0 Å². The molecule has 1 aromatic carbocycles. The molecular formula is C16H14BrN3O. The number of hydrogen-bond donors (Lipinski definition) is 2. The lowest BCUT2D eigenvalue weighted by Crippen LogP contribution is -2.23. The summed E-state index contributed by atoms with van der Waals surface area (Å²) in [5.41, 5.74) is 3.49. The number of amides is 1. The first-order valence-corrected chi connectivity index (χ1v) is 7.39. The predicted octanol–water partition coefficient (Wildman–Crippen LogP) is 3.56. The van der Waals surface area contributed by atoms with Crippen molar-refractivity contribution in [3.63, 3.8) is 0 Å². The molecule has 3 rings (SSSR count). The van der Waals surface area contributed by atoms with Gasteiger partial charge in [-0.15, -0.1) is 0 Å². The highest BCUT2D eigenvalue weighted by Crippen LogP contribution is 2.25. The Morgan fingerprint density at radius 3 is 3.00 bits per heavy atom. The molecule has 2 N–H and O–H groups in total. The van der Waals surface area contributed by atoms with Gasteiger partial charge in [0.15, 0.2) is 0 Å². The van der Waals surface area contributed by atoms with Crippen molar-refractivity contribution in [3.8, 4) is 0 Å². The molecule has 3 aromatic rings. The minimum Gasteiger partial charge on any atom is -0.350 e. The molecule has 0 spiro atoms. The van der Waals surface area contributed by atoms with Crippen molar-refractivity contribution in [1.29, 1.82) is 0 Å². The lowest BCUT2D eigenvalue weighted by atomic mass is 10.1. The van der Waals surface area contributed by atoms with Gasteiger partial charge in [0.1, 0.15) is 5.69 Å². The number of aromatic amines is 1. The summed E-state index contributed by atoms with van der Waals surface area (Å²) in [7, 11) is 0. The summed E-state index contributed by atoms with van der Waals surface area (Å²) in [6.45, 7) is 2.41. The van der Waals surface area contributed by atoms with E-state index in [-0.39, 0.29) is 5.91 Å². The topological polar surface area (TPSA) is 57.8 Å². The number of aromatic nitrogens is 2. The molecule has 0 aliphatic carbocycles. The standard InChI is InChI=1S/C16H14BrN3O/c1-10-13-7-12(17)4-5-14(13)20-15(10)16(21)19-9-11-3-2-6-18-8-11/h2-8,20H,9H2,1H3,(H,19,21). The molecule has 1 amide bonds. The fourth-order valence-electron chi connectivity index (χ4n) is 2.30. The van der Waals surface area contributed by atoms with Gasteiger partial charge in [-0.05, 0) is 42.3 Å². The highest BCUT2D eigenvalue weighted by Gasteiger charge is 2.14. The number of carbonyl (C=O) groups is 1. The molecule has 0 fully saturated rings. The van der Waals surface area contributed by atoms with Crippen LogP contribution in [0.4, 0.5) is 0 Å². The van der Waals surface area contributed by atoms with E-state index >= 15 is 0 Å². The van der Waals surface area contributed by atoms with Gasteiger partial charge in [-0.3, -0.25) is 9.78 Å². The molecule has 0 saturated carbocycles. The minimum atomic E-state index is -0.108. The van der Waals surface area contributed by atoms with E-state index in [2.05, 4.69) is 31.2 Å². The number of carbonyl (C=O) groups excluding carboxylic acids is 1. The number of nitrogens with one attached hydrogen (secondary N) is 2. The zero-order valence-corrected chi connectivity index (χ0v) is 13.1. The highest BCUT2D eigenvalue weighted by molar-refractivity contribution is 9.10. The zero-order valence-electron chi connectivity index (χ0n) is 11.5. The third-order valence-corrected chi connectivity index (χ3v) is 3.92. The van der Waals surface area contributed by atoms with E-state index in [0.29, 0.717) is 12.2 Å². The number of fused-ring (bicyclic) bond motifs is 1. The fourth-order valence-corrected chi connectivity index (χ4v) is 2.66. The molecule has 0 unspecified atom stereocenters. The van der Waals surface area contributed by atoms with Crippen LogP contribution >= 0.6 is 15.9 Å². The monoisotopic (exact) mass is 343 g/mol. The molecule has 0 aliphatic rings. The summed E-state index contributed by atoms with van der Waals surface area (Å²) < 4.78 is 0.999. The van der Waals surface area contributed by atoms with Crippen molar-refractivity contribution in [1.82, 2.24) is 15.3 Å². The molecular weight excluding hydrogens is 330 g/mol. The smallest absolute Gasteiger partial charge is 0.268 e. The van der Waals surface area contributed by atoms with Crippen LogP contribution in [0.5, 0.6) is 0 Å². The van der Waals surface area contributed by atoms with Crippen molar-refractivity contribution in [2.75, 3.05) is 0 Å². The predicted molar refractivity (Wildman–Crippen MR) is 86.1 cm³/mol. The molecule has 0 radical (unpaired) electrons. The van der Waals surface area contributed by atoms with E-state index < -0.39 is 0 Å². The van der Waals surface area contributed by atoms with Crippen LogP contribution in [-0.4, -0.2) is 15.9 Å². The van der Waals surface area contributed by atoms with Gasteiger partial charge in [0.2, 0.25) is 0 Å². The summed E-state index contributed by atoms with van der Waals surface area (Å²) in [6, 6.07) is 9.72. The van der Waals surface area contributed by atoms with Crippen LogP contribution in [0.3, 0.4) is 0 Å². The van der Waals surface area contributed by atoms with Crippen LogP contribution in [0.15, 0.2) is 47.2 Å². The summed E-state index contributed by atoms with van der Waals surface area (Å²) in [5, 5.41) is 3.96. The van der Waals surface area contributed by atoms with Gasteiger partial charge in [0.25, 0.3) is 5.91 Å². The first-order valence-electron chi connectivity index (χ1n) is 6.60. The normalized spacial score (nSPS) is 10.8. The van der Waals surface area contributed by atoms with Gasteiger partial charge in [0.05, 0.1) is 0 Å². The maximum Gasteiger partial charge on any atom is 0.268 e. The maximum atomic E-state index is 12.3. The Morgan fingerprint density at radius 2 is 2.24 bits per heavy atom.